The van der Waals surface area contributed by atoms with E-state index < -0.39 is 29.4 Å². The van der Waals surface area contributed by atoms with Crippen molar-refractivity contribution in [1.29, 1.82) is 0 Å². The highest BCUT2D eigenvalue weighted by molar-refractivity contribution is 8.00. The summed E-state index contributed by atoms with van der Waals surface area (Å²) in [4.78, 5) is 58.0. The molecule has 8 rings (SSSR count). The maximum absolute atomic E-state index is 13.9. The molecule has 48 heavy (non-hydrogen) atoms. The molecule has 2 bridgehead atoms. The molecule has 3 amide bonds. The van der Waals surface area contributed by atoms with Crippen molar-refractivity contribution in [3.63, 3.8) is 0 Å². The van der Waals surface area contributed by atoms with Crippen LogP contribution in [0.5, 0.6) is 11.5 Å². The minimum atomic E-state index is -0.497. The van der Waals surface area contributed by atoms with Gasteiger partial charge in [-0.1, -0.05) is 17.4 Å². The van der Waals surface area contributed by atoms with E-state index in [9.17, 15) is 28.0 Å². The molecule has 2 N–H and O–H groups in total. The molecule has 4 aromatic rings. The fourth-order valence-corrected chi connectivity index (χ4v) is 11.1. The molecule has 0 spiro atoms. The van der Waals surface area contributed by atoms with Gasteiger partial charge in [-0.2, -0.15) is 0 Å². The van der Waals surface area contributed by atoms with Gasteiger partial charge in [0.2, 0.25) is 11.8 Å². The number of imide groups is 1. The summed E-state index contributed by atoms with van der Waals surface area (Å²) < 4.78 is 38.8. The minimum Gasteiger partial charge on any atom is -0.490 e. The third-order valence-corrected chi connectivity index (χ3v) is 12.5. The van der Waals surface area contributed by atoms with Crippen LogP contribution in [-0.2, 0) is 14.4 Å². The predicted octanol–water partition coefficient (Wildman–Crippen LogP) is 5.81. The highest BCUT2D eigenvalue weighted by atomic mass is 32.2. The second kappa shape index (κ2) is 11.9. The Morgan fingerprint density at radius 1 is 0.917 bits per heavy atom. The highest BCUT2D eigenvalue weighted by Gasteiger charge is 2.69. The van der Waals surface area contributed by atoms with E-state index >= 15 is 0 Å². The predicted molar refractivity (Wildman–Crippen MR) is 176 cm³/mol. The number of H-pyrrole nitrogens is 1. The highest BCUT2D eigenvalue weighted by Crippen LogP contribution is 2.68. The number of halogens is 2. The third-order valence-electron chi connectivity index (χ3n) is 9.92. The number of fused-ring (bicyclic) bond motifs is 9. The number of thioether (sulfide) groups is 1. The van der Waals surface area contributed by atoms with E-state index in [4.69, 9.17) is 9.47 Å². The molecule has 4 aliphatic rings. The van der Waals surface area contributed by atoms with Gasteiger partial charge in [0.25, 0.3) is 5.91 Å². The number of aromatic nitrogens is 1. The molecular weight excluding hydrogens is 661 g/mol. The second-order valence-electron chi connectivity index (χ2n) is 12.4. The molecule has 6 unspecified atom stereocenters. The number of hydrogen-bond acceptors (Lipinski definition) is 8. The molecule has 13 heteroatoms. The summed E-state index contributed by atoms with van der Waals surface area (Å²) in [6, 6.07) is 16.4. The number of amides is 3. The van der Waals surface area contributed by atoms with E-state index in [1.165, 1.54) is 53.4 Å². The topological polar surface area (TPSA) is 118 Å². The Bertz CT molecular complexity index is 2000. The van der Waals surface area contributed by atoms with E-state index in [2.05, 4.69) is 10.3 Å². The summed E-state index contributed by atoms with van der Waals surface area (Å²) in [6.07, 6.45) is 0.727. The zero-order valence-electron chi connectivity index (χ0n) is 25.5. The lowest BCUT2D eigenvalue weighted by atomic mass is 9.68. The average molecular weight is 690 g/mol. The van der Waals surface area contributed by atoms with Gasteiger partial charge in [0.05, 0.1) is 29.2 Å². The molecule has 246 valence electrons. The maximum Gasteiger partial charge on any atom is 0.305 e. The summed E-state index contributed by atoms with van der Waals surface area (Å²) >= 11 is 2.75. The number of aromatic amines is 1. The quantitative estimate of drug-likeness (QED) is 0.224. The van der Waals surface area contributed by atoms with Crippen molar-refractivity contribution in [2.75, 3.05) is 23.4 Å². The number of hydrogen-bond donors (Lipinski definition) is 2. The Kier molecular flexibility index (Phi) is 7.63. The number of nitrogens with one attached hydrogen (secondary N) is 2. The molecule has 9 nitrogen and oxygen atoms in total. The first-order chi connectivity index (χ1) is 23.2. The number of thiazole rings is 1. The van der Waals surface area contributed by atoms with Crippen LogP contribution in [0.2, 0.25) is 0 Å². The Hall–Kier alpha value is -4.49. The van der Waals surface area contributed by atoms with Gasteiger partial charge in [-0.15, -0.1) is 11.8 Å². The van der Waals surface area contributed by atoms with Crippen molar-refractivity contribution in [2.45, 2.75) is 29.5 Å². The summed E-state index contributed by atoms with van der Waals surface area (Å²) in [5.74, 6) is -2.40. The smallest absolute Gasteiger partial charge is 0.305 e. The molecule has 7 atom stereocenters. The number of anilines is 2. The number of nitrogens with zero attached hydrogens (tertiary/aromatic N) is 1. The van der Waals surface area contributed by atoms with Crippen molar-refractivity contribution >= 4 is 52.2 Å². The second-order valence-corrected chi connectivity index (χ2v) is 14.6. The van der Waals surface area contributed by atoms with Crippen LogP contribution in [-0.4, -0.2) is 41.2 Å². The van der Waals surface area contributed by atoms with Gasteiger partial charge in [0.1, 0.15) is 11.6 Å². The zero-order valence-corrected chi connectivity index (χ0v) is 27.1. The van der Waals surface area contributed by atoms with Gasteiger partial charge in [-0.3, -0.25) is 24.1 Å². The van der Waals surface area contributed by atoms with Crippen molar-refractivity contribution in [2.24, 2.45) is 29.6 Å². The first kappa shape index (κ1) is 30.8. The number of carbonyl (C=O) groups excluding carboxylic acids is 3. The van der Waals surface area contributed by atoms with Crippen LogP contribution in [0.1, 0.15) is 29.7 Å². The van der Waals surface area contributed by atoms with E-state index in [1.807, 2.05) is 19.1 Å². The lowest BCUT2D eigenvalue weighted by Gasteiger charge is -2.43. The van der Waals surface area contributed by atoms with Crippen molar-refractivity contribution in [3.8, 4) is 11.5 Å². The number of carbonyl (C=O) groups is 3. The minimum absolute atomic E-state index is 0.00875. The van der Waals surface area contributed by atoms with Gasteiger partial charge in [0.15, 0.2) is 18.1 Å². The Balaban J connectivity index is 1.10. The SMILES string of the molecule is CCOc1cc([C@H]2c3sc(=O)[nH]c3SC3C4CC(C5C(=O)N(c6ccc(F)cc6)C(=O)C45)C32)ccc1OCC(=O)Nc1ccc(F)cc1. The van der Waals surface area contributed by atoms with Crippen LogP contribution in [0.15, 0.2) is 76.6 Å². The molecular formula is C35H29F2N3O6S2. The van der Waals surface area contributed by atoms with Gasteiger partial charge < -0.3 is 19.8 Å². The summed E-state index contributed by atoms with van der Waals surface area (Å²) in [6.45, 7) is 1.87. The lowest BCUT2D eigenvalue weighted by molar-refractivity contribution is -0.123. The fourth-order valence-electron chi connectivity index (χ4n) is 8.21. The molecule has 2 aliphatic carbocycles. The largest absolute Gasteiger partial charge is 0.490 e. The first-order valence-electron chi connectivity index (χ1n) is 15.7. The standard InChI is InChI=1S/C35H29F2N3O6S2/c1-2-45-24-13-16(3-12-23(24)46-15-25(41)38-19-8-4-17(36)5-9-19)26-27-21-14-22(30(27)47-32-31(26)48-35(44)39-32)29-28(21)33(42)40(34(29)43)20-10-6-18(37)7-11-20/h3-13,21-22,26-30H,2,14-15H2,1H3,(H,38,41)(H,39,44)/t21?,22?,26-,27?,28?,29?,30?/m1/s1. The van der Waals surface area contributed by atoms with E-state index in [1.54, 1.807) is 17.8 Å². The van der Waals surface area contributed by atoms with Gasteiger partial charge in [-0.05, 0) is 97.3 Å². The van der Waals surface area contributed by atoms with E-state index in [0.29, 0.717) is 29.5 Å². The first-order valence-corrected chi connectivity index (χ1v) is 17.4. The molecule has 2 aliphatic heterocycles. The van der Waals surface area contributed by atoms with Crippen LogP contribution >= 0.6 is 23.1 Å². The maximum atomic E-state index is 13.9. The average Bonchev–Trinajstić information content (AvgIpc) is 3.81. The fraction of sp³-hybridized carbons (Fsp3) is 0.314. The van der Waals surface area contributed by atoms with Crippen LogP contribution in [0.25, 0.3) is 0 Å². The number of ether oxygens (including phenoxy) is 2. The third kappa shape index (κ3) is 5.02. The molecule has 3 heterocycles. The van der Waals surface area contributed by atoms with E-state index in [0.717, 1.165) is 33.2 Å². The van der Waals surface area contributed by atoms with Crippen molar-refractivity contribution in [1.82, 2.24) is 4.98 Å². The van der Waals surface area contributed by atoms with Gasteiger partial charge in [-0.25, -0.2) is 8.78 Å². The molecule has 3 aromatic carbocycles. The van der Waals surface area contributed by atoms with Gasteiger partial charge >= 0.3 is 4.87 Å². The van der Waals surface area contributed by atoms with E-state index in [-0.39, 0.29) is 52.2 Å². The van der Waals surface area contributed by atoms with Gasteiger partial charge in [0, 0.05) is 21.7 Å². The Morgan fingerprint density at radius 2 is 1.60 bits per heavy atom. The summed E-state index contributed by atoms with van der Waals surface area (Å²) in [7, 11) is 0. The summed E-state index contributed by atoms with van der Waals surface area (Å²) in [5.41, 5.74) is 1.69. The Morgan fingerprint density at radius 3 is 2.31 bits per heavy atom. The molecule has 1 aromatic heterocycles. The van der Waals surface area contributed by atoms with Crippen molar-refractivity contribution in [3.05, 3.63) is 98.5 Å². The summed E-state index contributed by atoms with van der Waals surface area (Å²) in [5, 5.41) is 3.44. The zero-order chi connectivity index (χ0) is 33.3. The molecule has 0 radical (unpaired) electrons. The normalized spacial score (nSPS) is 26.6. The van der Waals surface area contributed by atoms with Crippen LogP contribution in [0.3, 0.4) is 0 Å². The molecule has 2 saturated carbocycles. The number of benzene rings is 3. The molecule has 3 fully saturated rings. The van der Waals surface area contributed by atoms with Crippen molar-refractivity contribution < 1.29 is 32.6 Å². The van der Waals surface area contributed by atoms with Crippen LogP contribution < -0.4 is 24.6 Å². The monoisotopic (exact) mass is 689 g/mol. The number of rotatable bonds is 8. The van der Waals surface area contributed by atoms with Crippen LogP contribution in [0, 0.1) is 41.2 Å². The lowest BCUT2D eigenvalue weighted by Crippen LogP contribution is -2.42. The van der Waals surface area contributed by atoms with Crippen LogP contribution in [0.4, 0.5) is 20.2 Å². The molecule has 1 saturated heterocycles. The Labute approximate surface area is 281 Å².